The Labute approximate surface area is 144 Å². The first-order valence-electron chi connectivity index (χ1n) is 7.66. The monoisotopic (exact) mass is 333 g/mol. The third-order valence-electron chi connectivity index (χ3n) is 3.40. The minimum atomic E-state index is -0.365. The van der Waals surface area contributed by atoms with E-state index in [4.69, 9.17) is 4.74 Å². The number of carbonyl (C=O) groups is 1. The van der Waals surface area contributed by atoms with Gasteiger partial charge in [-0.05, 0) is 37.3 Å². The van der Waals surface area contributed by atoms with E-state index in [1.807, 2.05) is 13.0 Å². The molecular formula is C18H15N5O2. The fourth-order valence-electron chi connectivity index (χ4n) is 2.28. The Bertz CT molecular complexity index is 928. The molecule has 0 aliphatic rings. The lowest BCUT2D eigenvalue weighted by Gasteiger charge is -2.10. The van der Waals surface area contributed by atoms with Crippen molar-refractivity contribution in [2.24, 2.45) is 0 Å². The van der Waals surface area contributed by atoms with E-state index in [-0.39, 0.29) is 17.3 Å². The van der Waals surface area contributed by atoms with Gasteiger partial charge in [0.15, 0.2) is 11.6 Å². The van der Waals surface area contributed by atoms with Crippen LogP contribution < -0.4 is 10.1 Å². The molecule has 2 aromatic heterocycles. The predicted molar refractivity (Wildman–Crippen MR) is 91.6 cm³/mol. The molecule has 124 valence electrons. The van der Waals surface area contributed by atoms with Gasteiger partial charge >= 0.3 is 0 Å². The molecule has 0 saturated heterocycles. The van der Waals surface area contributed by atoms with Crippen LogP contribution in [0, 0.1) is 11.3 Å². The second kappa shape index (κ2) is 7.27. The van der Waals surface area contributed by atoms with Crippen molar-refractivity contribution >= 4 is 11.7 Å². The predicted octanol–water partition coefficient (Wildman–Crippen LogP) is 2.79. The van der Waals surface area contributed by atoms with E-state index >= 15 is 0 Å². The molecule has 3 aromatic rings. The van der Waals surface area contributed by atoms with Crippen molar-refractivity contribution in [3.05, 3.63) is 66.0 Å². The molecule has 0 fully saturated rings. The molecule has 0 saturated carbocycles. The first-order valence-corrected chi connectivity index (χ1v) is 7.66. The lowest BCUT2D eigenvalue weighted by Crippen LogP contribution is -2.16. The number of nitrogens with one attached hydrogen (secondary N) is 1. The number of benzene rings is 1. The van der Waals surface area contributed by atoms with Crippen LogP contribution in [-0.4, -0.2) is 27.3 Å². The van der Waals surface area contributed by atoms with Gasteiger partial charge in [0.05, 0.1) is 12.8 Å². The third-order valence-corrected chi connectivity index (χ3v) is 3.40. The van der Waals surface area contributed by atoms with Crippen LogP contribution in [0.1, 0.15) is 22.8 Å². The second-order valence-electron chi connectivity index (χ2n) is 5.03. The van der Waals surface area contributed by atoms with E-state index in [0.29, 0.717) is 23.7 Å². The first-order chi connectivity index (χ1) is 12.2. The molecule has 0 unspecified atom stereocenters. The summed E-state index contributed by atoms with van der Waals surface area (Å²) in [6, 6.07) is 14.2. The topological polar surface area (TPSA) is 92.8 Å². The molecule has 1 aromatic carbocycles. The number of hydrogen-bond donors (Lipinski definition) is 1. The Morgan fingerprint density at radius 1 is 1.32 bits per heavy atom. The zero-order valence-electron chi connectivity index (χ0n) is 13.5. The quantitative estimate of drug-likeness (QED) is 0.775. The van der Waals surface area contributed by atoms with Crippen molar-refractivity contribution in [2.45, 2.75) is 6.92 Å². The number of carbonyl (C=O) groups excluding carboxylic acids is 1. The van der Waals surface area contributed by atoms with Crippen molar-refractivity contribution in [3.63, 3.8) is 0 Å². The van der Waals surface area contributed by atoms with Crippen LogP contribution >= 0.6 is 0 Å². The van der Waals surface area contributed by atoms with E-state index in [1.54, 1.807) is 48.7 Å². The zero-order valence-corrected chi connectivity index (χ0v) is 13.5. The molecule has 0 aliphatic heterocycles. The highest BCUT2D eigenvalue weighted by molar-refractivity contribution is 6.04. The summed E-state index contributed by atoms with van der Waals surface area (Å²) in [5.41, 5.74) is 0.670. The van der Waals surface area contributed by atoms with Crippen molar-refractivity contribution in [1.29, 1.82) is 5.26 Å². The van der Waals surface area contributed by atoms with Gasteiger partial charge in [0.1, 0.15) is 17.4 Å². The van der Waals surface area contributed by atoms with Crippen LogP contribution in [0.2, 0.25) is 0 Å². The van der Waals surface area contributed by atoms with E-state index < -0.39 is 0 Å². The summed E-state index contributed by atoms with van der Waals surface area (Å²) in [5, 5.41) is 16.2. The summed E-state index contributed by atoms with van der Waals surface area (Å²) in [6.07, 6.45) is 3.00. The molecule has 1 amide bonds. The van der Waals surface area contributed by atoms with Gasteiger partial charge in [0, 0.05) is 11.8 Å². The lowest BCUT2D eigenvalue weighted by molar-refractivity contribution is 0.102. The molecule has 0 atom stereocenters. The van der Waals surface area contributed by atoms with Crippen LogP contribution in [-0.2, 0) is 0 Å². The Hall–Kier alpha value is -3.66. The van der Waals surface area contributed by atoms with Gasteiger partial charge in [-0.15, -0.1) is 0 Å². The third kappa shape index (κ3) is 3.48. The lowest BCUT2D eigenvalue weighted by atomic mass is 10.2. The van der Waals surface area contributed by atoms with Crippen LogP contribution in [0.4, 0.5) is 5.82 Å². The summed E-state index contributed by atoms with van der Waals surface area (Å²) < 4.78 is 6.83. The summed E-state index contributed by atoms with van der Waals surface area (Å²) >= 11 is 0. The van der Waals surface area contributed by atoms with E-state index in [0.717, 1.165) is 0 Å². The average molecular weight is 333 g/mol. The fourth-order valence-corrected chi connectivity index (χ4v) is 2.28. The van der Waals surface area contributed by atoms with Crippen LogP contribution in [0.15, 0.2) is 54.9 Å². The molecular weight excluding hydrogens is 318 g/mol. The normalized spacial score (nSPS) is 10.1. The van der Waals surface area contributed by atoms with Gasteiger partial charge in [-0.1, -0.05) is 12.1 Å². The summed E-state index contributed by atoms with van der Waals surface area (Å²) in [6.45, 7) is 2.38. The van der Waals surface area contributed by atoms with Crippen LogP contribution in [0.25, 0.3) is 5.82 Å². The average Bonchev–Trinajstić information content (AvgIpc) is 3.05. The number of anilines is 1. The molecule has 0 spiro atoms. The first kappa shape index (κ1) is 16.2. The van der Waals surface area contributed by atoms with Crippen molar-refractivity contribution in [3.8, 4) is 17.6 Å². The standard InChI is InChI=1S/C18H15N5O2/c1-2-25-15-7-5-6-13(10-15)18(24)22-17-14(11-19)12-21-23(17)16-8-3-4-9-20-16/h3-10,12H,2H2,1H3,(H,22,24). The number of nitriles is 1. The highest BCUT2D eigenvalue weighted by atomic mass is 16.5. The van der Waals surface area contributed by atoms with Crippen LogP contribution in [0.3, 0.4) is 0 Å². The molecule has 2 heterocycles. The van der Waals surface area contributed by atoms with Gasteiger partial charge in [0.25, 0.3) is 5.91 Å². The number of ether oxygens (including phenoxy) is 1. The highest BCUT2D eigenvalue weighted by Crippen LogP contribution is 2.20. The minimum absolute atomic E-state index is 0.250. The molecule has 3 rings (SSSR count). The van der Waals surface area contributed by atoms with E-state index in [1.165, 1.54) is 10.9 Å². The number of rotatable bonds is 5. The summed E-state index contributed by atoms with van der Waals surface area (Å²) in [7, 11) is 0. The van der Waals surface area contributed by atoms with Gasteiger partial charge in [-0.3, -0.25) is 4.79 Å². The molecule has 7 nitrogen and oxygen atoms in total. The van der Waals surface area contributed by atoms with Gasteiger partial charge < -0.3 is 10.1 Å². The zero-order chi connectivity index (χ0) is 17.6. The van der Waals surface area contributed by atoms with Crippen molar-refractivity contribution in [2.75, 3.05) is 11.9 Å². The van der Waals surface area contributed by atoms with Gasteiger partial charge in [-0.25, -0.2) is 4.98 Å². The minimum Gasteiger partial charge on any atom is -0.494 e. The number of nitrogens with zero attached hydrogens (tertiary/aromatic N) is 4. The van der Waals surface area contributed by atoms with Crippen molar-refractivity contribution < 1.29 is 9.53 Å². The Morgan fingerprint density at radius 2 is 2.20 bits per heavy atom. The molecule has 0 aliphatic carbocycles. The molecule has 25 heavy (non-hydrogen) atoms. The number of pyridine rings is 1. The molecule has 0 radical (unpaired) electrons. The van der Waals surface area contributed by atoms with Crippen LogP contribution in [0.5, 0.6) is 5.75 Å². The SMILES string of the molecule is CCOc1cccc(C(=O)Nc2c(C#N)cnn2-c2ccccn2)c1. The Balaban J connectivity index is 1.93. The highest BCUT2D eigenvalue weighted by Gasteiger charge is 2.17. The second-order valence-corrected chi connectivity index (χ2v) is 5.03. The smallest absolute Gasteiger partial charge is 0.256 e. The largest absolute Gasteiger partial charge is 0.494 e. The summed E-state index contributed by atoms with van der Waals surface area (Å²) in [5.74, 6) is 1.01. The Kier molecular flexibility index (Phi) is 4.72. The fraction of sp³-hybridized carbons (Fsp3) is 0.111. The maximum Gasteiger partial charge on any atom is 0.256 e. The van der Waals surface area contributed by atoms with Gasteiger partial charge in [0.2, 0.25) is 0 Å². The maximum absolute atomic E-state index is 12.6. The molecule has 1 N–H and O–H groups in total. The van der Waals surface area contributed by atoms with Gasteiger partial charge in [-0.2, -0.15) is 15.0 Å². The Morgan fingerprint density at radius 3 is 2.92 bits per heavy atom. The maximum atomic E-state index is 12.6. The number of amides is 1. The molecule has 7 heteroatoms. The van der Waals surface area contributed by atoms with E-state index in [2.05, 4.69) is 15.4 Å². The van der Waals surface area contributed by atoms with E-state index in [9.17, 15) is 10.1 Å². The number of aromatic nitrogens is 3. The van der Waals surface area contributed by atoms with Crippen molar-refractivity contribution in [1.82, 2.24) is 14.8 Å². The number of hydrogen-bond acceptors (Lipinski definition) is 5. The summed E-state index contributed by atoms with van der Waals surface area (Å²) in [4.78, 5) is 16.8. The molecule has 0 bridgehead atoms.